The molecule has 0 aromatic heterocycles. The fourth-order valence-corrected chi connectivity index (χ4v) is 2.89. The van der Waals surface area contributed by atoms with Crippen molar-refractivity contribution in [3.05, 3.63) is 0 Å². The van der Waals surface area contributed by atoms with Crippen LogP contribution in [0.25, 0.3) is 0 Å². The molecule has 0 aromatic carbocycles. The highest BCUT2D eigenvalue weighted by Crippen LogP contribution is 2.24. The van der Waals surface area contributed by atoms with E-state index >= 15 is 0 Å². The fraction of sp³-hybridized carbons (Fsp3) is 1.00. The molecule has 4 rings (SSSR count). The second kappa shape index (κ2) is 10.1. The topological polar surface area (TPSA) is 128 Å². The van der Waals surface area contributed by atoms with Crippen LogP contribution in [0.5, 0.6) is 0 Å². The highest BCUT2D eigenvalue weighted by Gasteiger charge is 2.41. The smallest absolute Gasteiger partial charge is 0.115 e. The molecule has 4 heterocycles. The molecule has 4 fully saturated rings. The Morgan fingerprint density at radius 1 is 0.571 bits per heavy atom. The summed E-state index contributed by atoms with van der Waals surface area (Å²) in [4.78, 5) is 0. The van der Waals surface area contributed by atoms with E-state index in [1.165, 1.54) is 0 Å². The lowest BCUT2D eigenvalue weighted by Gasteiger charge is -2.36. The van der Waals surface area contributed by atoms with Gasteiger partial charge in [-0.15, -0.1) is 0 Å². The van der Waals surface area contributed by atoms with Gasteiger partial charge in [0.25, 0.3) is 0 Å². The minimum Gasteiger partial charge on any atom is -0.394 e. The van der Waals surface area contributed by atoms with Gasteiger partial charge in [-0.1, -0.05) is 0 Å². The van der Waals surface area contributed by atoms with Crippen molar-refractivity contribution >= 4 is 0 Å². The Kier molecular flexibility index (Phi) is 7.50. The van der Waals surface area contributed by atoms with E-state index in [0.717, 1.165) is 0 Å². The van der Waals surface area contributed by atoms with Gasteiger partial charge in [0.15, 0.2) is 0 Å². The maximum Gasteiger partial charge on any atom is 0.115 e. The summed E-state index contributed by atoms with van der Waals surface area (Å²) in [5, 5.41) is 19.9. The summed E-state index contributed by atoms with van der Waals surface area (Å²) in [6, 6.07) is 0. The van der Waals surface area contributed by atoms with E-state index in [1.54, 1.807) is 0 Å². The average Bonchev–Trinajstić information content (AvgIpc) is 3.57. The maximum absolute atomic E-state index is 9.95. The molecule has 2 N–H and O–H groups in total. The van der Waals surface area contributed by atoms with Gasteiger partial charge in [-0.05, 0) is 0 Å². The maximum atomic E-state index is 9.95. The van der Waals surface area contributed by atoms with Crippen molar-refractivity contribution in [3.8, 4) is 0 Å². The largest absolute Gasteiger partial charge is 0.394 e. The molecule has 4 aliphatic rings. The lowest BCUT2D eigenvalue weighted by molar-refractivity contribution is -0.194. The molecule has 0 aliphatic carbocycles. The average molecular weight is 406 g/mol. The van der Waals surface area contributed by atoms with Gasteiger partial charge in [-0.2, -0.15) is 0 Å². The molecule has 8 atom stereocenters. The number of hydrogen-bond donors (Lipinski definition) is 2. The van der Waals surface area contributed by atoms with Crippen LogP contribution in [0.15, 0.2) is 0 Å². The van der Waals surface area contributed by atoms with Crippen LogP contribution in [0.4, 0.5) is 0 Å². The Balaban J connectivity index is 1.42. The van der Waals surface area contributed by atoms with Crippen LogP contribution in [-0.2, 0) is 37.9 Å². The van der Waals surface area contributed by atoms with Gasteiger partial charge in [0.1, 0.15) is 48.8 Å². The van der Waals surface area contributed by atoms with Crippen molar-refractivity contribution in [2.24, 2.45) is 0 Å². The molecule has 4 aliphatic heterocycles. The van der Waals surface area contributed by atoms with Gasteiger partial charge in [0.05, 0.1) is 66.1 Å². The first-order valence-electron chi connectivity index (χ1n) is 9.91. The third-order valence-corrected chi connectivity index (χ3v) is 4.97. The molecule has 4 unspecified atom stereocenters. The van der Waals surface area contributed by atoms with Gasteiger partial charge in [-0.3, -0.25) is 0 Å². The summed E-state index contributed by atoms with van der Waals surface area (Å²) in [5.41, 5.74) is 0. The van der Waals surface area contributed by atoms with E-state index in [2.05, 4.69) is 0 Å². The number of epoxide rings is 4. The van der Waals surface area contributed by atoms with Crippen LogP contribution in [-0.4, -0.2) is 125 Å². The van der Waals surface area contributed by atoms with Gasteiger partial charge in [-0.25, -0.2) is 0 Å². The Bertz CT molecular complexity index is 421. The van der Waals surface area contributed by atoms with E-state index in [1.807, 2.05) is 0 Å². The zero-order valence-corrected chi connectivity index (χ0v) is 15.9. The van der Waals surface area contributed by atoms with Crippen molar-refractivity contribution < 1.29 is 48.1 Å². The van der Waals surface area contributed by atoms with Crippen molar-refractivity contribution in [3.63, 3.8) is 0 Å². The molecule has 0 radical (unpaired) electrons. The highest BCUT2D eigenvalue weighted by molar-refractivity contribution is 4.88. The lowest BCUT2D eigenvalue weighted by Crippen LogP contribution is -2.53. The third kappa shape index (κ3) is 6.84. The zero-order chi connectivity index (χ0) is 19.3. The van der Waals surface area contributed by atoms with E-state index in [-0.39, 0.29) is 37.6 Å². The summed E-state index contributed by atoms with van der Waals surface area (Å²) in [6.07, 6.45) is -2.42. The second-order valence-corrected chi connectivity index (χ2v) is 7.53. The predicted molar refractivity (Wildman–Crippen MR) is 92.1 cm³/mol. The van der Waals surface area contributed by atoms with Crippen molar-refractivity contribution in [2.45, 2.75) is 48.8 Å². The zero-order valence-electron chi connectivity index (χ0n) is 15.9. The fourth-order valence-electron chi connectivity index (χ4n) is 2.89. The number of rotatable bonds is 17. The normalized spacial score (nSPS) is 34.5. The number of aliphatic hydroxyl groups excluding tert-OH is 2. The van der Waals surface area contributed by atoms with E-state index in [9.17, 15) is 10.2 Å². The first-order chi connectivity index (χ1) is 13.8. The van der Waals surface area contributed by atoms with Crippen LogP contribution < -0.4 is 0 Å². The van der Waals surface area contributed by atoms with Gasteiger partial charge < -0.3 is 48.1 Å². The first kappa shape index (κ1) is 20.9. The monoisotopic (exact) mass is 406 g/mol. The molecule has 0 amide bonds. The Labute approximate surface area is 163 Å². The van der Waals surface area contributed by atoms with Crippen LogP contribution in [0.1, 0.15) is 0 Å². The molecule has 28 heavy (non-hydrogen) atoms. The summed E-state index contributed by atoms with van der Waals surface area (Å²) in [5.74, 6) is 0. The van der Waals surface area contributed by atoms with Gasteiger partial charge >= 0.3 is 0 Å². The van der Waals surface area contributed by atoms with Crippen molar-refractivity contribution in [1.29, 1.82) is 0 Å². The molecule has 162 valence electrons. The summed E-state index contributed by atoms with van der Waals surface area (Å²) >= 11 is 0. The molecule has 0 saturated carbocycles. The SMILES string of the molecule is OC[C@@H](OCC1CO1)[C@@H](OCC1CO1)[C@H](OCC1CO1)[C@@H](CO)OCC1CO1. The highest BCUT2D eigenvalue weighted by atomic mass is 16.6. The lowest BCUT2D eigenvalue weighted by atomic mass is 10.0. The minimum atomic E-state index is -0.650. The van der Waals surface area contributed by atoms with E-state index in [0.29, 0.717) is 52.9 Å². The van der Waals surface area contributed by atoms with Crippen LogP contribution in [0.2, 0.25) is 0 Å². The summed E-state index contributed by atoms with van der Waals surface area (Å²) in [7, 11) is 0. The molecule has 0 aromatic rings. The Morgan fingerprint density at radius 2 is 0.857 bits per heavy atom. The number of ether oxygens (including phenoxy) is 8. The first-order valence-corrected chi connectivity index (χ1v) is 9.91. The van der Waals surface area contributed by atoms with Crippen molar-refractivity contribution in [2.75, 3.05) is 66.1 Å². The summed E-state index contributed by atoms with van der Waals surface area (Å²) in [6.45, 7) is 3.53. The van der Waals surface area contributed by atoms with Crippen LogP contribution in [0, 0.1) is 0 Å². The number of aliphatic hydroxyl groups is 2. The molecule has 4 saturated heterocycles. The summed E-state index contributed by atoms with van der Waals surface area (Å²) < 4.78 is 44.7. The molecule has 0 bridgehead atoms. The molecule has 10 nitrogen and oxygen atoms in total. The molecule has 10 heteroatoms. The Morgan fingerprint density at radius 3 is 1.11 bits per heavy atom. The molecular formula is C18H30O10. The second-order valence-electron chi connectivity index (χ2n) is 7.53. The van der Waals surface area contributed by atoms with Crippen molar-refractivity contribution in [1.82, 2.24) is 0 Å². The predicted octanol–water partition coefficient (Wildman–Crippen LogP) is -1.89. The number of hydrogen-bond acceptors (Lipinski definition) is 10. The van der Waals surface area contributed by atoms with E-state index in [4.69, 9.17) is 37.9 Å². The molecular weight excluding hydrogens is 376 g/mol. The van der Waals surface area contributed by atoms with Crippen LogP contribution in [0.3, 0.4) is 0 Å². The molecule has 0 spiro atoms. The Hall–Kier alpha value is -0.400. The van der Waals surface area contributed by atoms with Crippen LogP contribution >= 0.6 is 0 Å². The minimum absolute atomic E-state index is 0.0365. The standard InChI is InChI=1S/C18H30O10/c19-1-15(25-7-11-3-21-11)17(27-9-13-5-23-13)18(28-10-14-6-24-14)16(2-20)26-8-12-4-22-12/h11-20H,1-10H2/t11?,12?,13?,14?,15-,16-,17-,18-/m1/s1. The van der Waals surface area contributed by atoms with Gasteiger partial charge in [0, 0.05) is 0 Å². The quantitative estimate of drug-likeness (QED) is 0.265. The third-order valence-electron chi connectivity index (χ3n) is 4.97. The van der Waals surface area contributed by atoms with E-state index < -0.39 is 24.4 Å². The van der Waals surface area contributed by atoms with Gasteiger partial charge in [0.2, 0.25) is 0 Å².